The van der Waals surface area contributed by atoms with Gasteiger partial charge in [-0.3, -0.25) is 0 Å². The largest absolute Gasteiger partial charge is 0.316 e. The zero-order valence-corrected chi connectivity index (χ0v) is 6.27. The monoisotopic (exact) mass is 138 g/mol. The van der Waals surface area contributed by atoms with Gasteiger partial charge in [0.1, 0.15) is 0 Å². The van der Waals surface area contributed by atoms with E-state index in [4.69, 9.17) is 15.4 Å². The molecule has 0 amide bonds. The molecule has 1 unspecified atom stereocenters. The van der Waals surface area contributed by atoms with E-state index in [0.717, 1.165) is 12.2 Å². The highest BCUT2D eigenvalue weighted by Gasteiger charge is 1.84. The molecule has 0 heterocycles. The van der Waals surface area contributed by atoms with Gasteiger partial charge < -0.3 is 4.18 Å². The normalized spacial score (nSPS) is 14.0. The minimum atomic E-state index is -0.194. The van der Waals surface area contributed by atoms with Crippen LogP contribution < -0.4 is 0 Å². The van der Waals surface area contributed by atoms with Crippen molar-refractivity contribution in [3.63, 3.8) is 0 Å². The molecule has 0 rings (SSSR count). The van der Waals surface area contributed by atoms with Gasteiger partial charge in [0.25, 0.3) is 0 Å². The molecule has 0 aromatic carbocycles. The smallest absolute Gasteiger partial charge is 0.0506 e. The van der Waals surface area contributed by atoms with Crippen molar-refractivity contribution in [3.05, 3.63) is 0 Å². The first-order valence-corrected chi connectivity index (χ1v) is 4.48. The topological polar surface area (TPSA) is 9.23 Å². The summed E-state index contributed by atoms with van der Waals surface area (Å²) in [5.41, 5.74) is 0. The van der Waals surface area contributed by atoms with Crippen molar-refractivity contribution >= 4 is 20.9 Å². The summed E-state index contributed by atoms with van der Waals surface area (Å²) in [4.78, 5) is 0. The van der Waals surface area contributed by atoms with E-state index in [-0.39, 0.29) is 9.74 Å². The van der Waals surface area contributed by atoms with Crippen molar-refractivity contribution in [3.8, 4) is 0 Å². The van der Waals surface area contributed by atoms with E-state index in [9.17, 15) is 0 Å². The summed E-state index contributed by atoms with van der Waals surface area (Å²) in [6, 6.07) is 0. The minimum Gasteiger partial charge on any atom is -0.316 e. The first-order valence-electron chi connectivity index (χ1n) is 2.24. The average Bonchev–Trinajstić information content (AvgIpc) is 1.68. The van der Waals surface area contributed by atoms with Gasteiger partial charge in [-0.15, -0.1) is 0 Å². The van der Waals surface area contributed by atoms with Gasteiger partial charge in [-0.25, -0.2) is 0 Å². The van der Waals surface area contributed by atoms with E-state index < -0.39 is 0 Å². The molecule has 0 fully saturated rings. The summed E-state index contributed by atoms with van der Waals surface area (Å²) in [5.74, 6) is 1.02. The van der Waals surface area contributed by atoms with E-state index in [1.165, 1.54) is 0 Å². The summed E-state index contributed by atoms with van der Waals surface area (Å²) in [6.07, 6.45) is 1.13. The Kier molecular flexibility index (Phi) is 5.04. The van der Waals surface area contributed by atoms with E-state index >= 15 is 0 Å². The van der Waals surface area contributed by atoms with Crippen LogP contribution in [0.4, 0.5) is 0 Å². The maximum atomic E-state index is 4.84. The zero-order valence-electron chi connectivity index (χ0n) is 4.64. The van der Waals surface area contributed by atoms with Gasteiger partial charge >= 0.3 is 0 Å². The fraction of sp³-hybridized carbons (Fsp3) is 1.00. The van der Waals surface area contributed by atoms with Crippen LogP contribution in [0.15, 0.2) is 0 Å². The van der Waals surface area contributed by atoms with Crippen LogP contribution in [0.3, 0.4) is 0 Å². The second-order valence-electron chi connectivity index (χ2n) is 1.17. The molecule has 0 radical (unpaired) electrons. The Bertz CT molecular complexity index is 62.7. The molecule has 0 saturated carbocycles. The first kappa shape index (κ1) is 7.53. The maximum Gasteiger partial charge on any atom is 0.0506 e. The van der Waals surface area contributed by atoms with Gasteiger partial charge in [-0.1, -0.05) is 6.92 Å². The SMILES string of the molecule is CCCS(=S)OC. The second-order valence-corrected chi connectivity index (χ2v) is 3.64. The molecular formula is C4H10OS2. The molecule has 7 heavy (non-hydrogen) atoms. The quantitative estimate of drug-likeness (QED) is 0.576. The van der Waals surface area contributed by atoms with E-state index in [2.05, 4.69) is 6.92 Å². The molecule has 0 bridgehead atoms. The highest BCUT2D eigenvalue weighted by atomic mass is 32.8. The standard InChI is InChI=1S/C4H10OS2/c1-3-4-7(6)5-2/h3-4H2,1-2H3. The van der Waals surface area contributed by atoms with Crippen LogP contribution >= 0.6 is 0 Å². The predicted octanol–water partition coefficient (Wildman–Crippen LogP) is 1.04. The Balaban J connectivity index is 3.00. The van der Waals surface area contributed by atoms with Crippen LogP contribution in [0.25, 0.3) is 0 Å². The van der Waals surface area contributed by atoms with Crippen molar-refractivity contribution in [2.75, 3.05) is 12.9 Å². The van der Waals surface area contributed by atoms with Gasteiger partial charge in [-0.2, -0.15) is 0 Å². The van der Waals surface area contributed by atoms with Crippen LogP contribution in [0.5, 0.6) is 0 Å². The fourth-order valence-electron chi connectivity index (χ4n) is 0.250. The van der Waals surface area contributed by atoms with Crippen LogP contribution in [0.1, 0.15) is 13.3 Å². The van der Waals surface area contributed by atoms with Crippen molar-refractivity contribution < 1.29 is 4.18 Å². The zero-order chi connectivity index (χ0) is 5.70. The van der Waals surface area contributed by atoms with E-state index in [1.54, 1.807) is 7.11 Å². The van der Waals surface area contributed by atoms with Gasteiger partial charge in [0.15, 0.2) is 0 Å². The Morgan fingerprint density at radius 1 is 1.71 bits per heavy atom. The molecular weight excluding hydrogens is 128 g/mol. The van der Waals surface area contributed by atoms with E-state index in [1.807, 2.05) is 0 Å². The molecule has 3 heteroatoms. The van der Waals surface area contributed by atoms with Gasteiger partial charge in [0, 0.05) is 15.5 Å². The molecule has 44 valence electrons. The number of rotatable bonds is 3. The molecule has 0 aromatic heterocycles. The van der Waals surface area contributed by atoms with E-state index in [0.29, 0.717) is 0 Å². The number of hydrogen-bond acceptors (Lipinski definition) is 2. The molecule has 0 spiro atoms. The Labute approximate surface area is 51.9 Å². The molecule has 0 aliphatic rings. The lowest BCUT2D eigenvalue weighted by atomic mass is 10.6. The summed E-state index contributed by atoms with van der Waals surface area (Å²) in [5, 5.41) is 0. The van der Waals surface area contributed by atoms with Crippen molar-refractivity contribution in [1.82, 2.24) is 0 Å². The highest BCUT2D eigenvalue weighted by molar-refractivity contribution is 8.26. The molecule has 1 atom stereocenters. The molecule has 0 aromatic rings. The Morgan fingerprint density at radius 2 is 2.29 bits per heavy atom. The highest BCUT2D eigenvalue weighted by Crippen LogP contribution is 1.85. The van der Waals surface area contributed by atoms with Crippen molar-refractivity contribution in [2.24, 2.45) is 0 Å². The summed E-state index contributed by atoms with van der Waals surface area (Å²) in [7, 11) is 1.46. The lowest BCUT2D eigenvalue weighted by Gasteiger charge is -1.95. The lowest BCUT2D eigenvalue weighted by molar-refractivity contribution is 0.483. The molecule has 0 saturated heterocycles. The summed E-state index contributed by atoms with van der Waals surface area (Å²) < 4.78 is 4.83. The lowest BCUT2D eigenvalue weighted by Crippen LogP contribution is -1.94. The van der Waals surface area contributed by atoms with Gasteiger partial charge in [-0.05, 0) is 17.6 Å². The fourth-order valence-corrected chi connectivity index (χ4v) is 1.25. The molecule has 0 aliphatic heterocycles. The van der Waals surface area contributed by atoms with Gasteiger partial charge in [0.2, 0.25) is 0 Å². The summed E-state index contributed by atoms with van der Waals surface area (Å²) in [6.45, 7) is 2.10. The minimum absolute atomic E-state index is 0.194. The number of hydrogen-bond donors (Lipinski definition) is 0. The molecule has 0 N–H and O–H groups in total. The third kappa shape index (κ3) is 4.38. The van der Waals surface area contributed by atoms with Crippen LogP contribution in [0, 0.1) is 0 Å². The first-order chi connectivity index (χ1) is 3.31. The van der Waals surface area contributed by atoms with Crippen LogP contribution in [0.2, 0.25) is 0 Å². The average molecular weight is 138 g/mol. The summed E-state index contributed by atoms with van der Waals surface area (Å²) >= 11 is 4.84. The third-order valence-corrected chi connectivity index (χ3v) is 2.58. The maximum absolute atomic E-state index is 4.84. The molecule has 0 aliphatic carbocycles. The molecule has 1 nitrogen and oxygen atoms in total. The third-order valence-electron chi connectivity index (χ3n) is 0.557. The Morgan fingerprint density at radius 3 is 2.43 bits per heavy atom. The van der Waals surface area contributed by atoms with Crippen LogP contribution in [-0.2, 0) is 25.1 Å². The van der Waals surface area contributed by atoms with Gasteiger partial charge in [0.05, 0.1) is 7.11 Å². The second kappa shape index (κ2) is 4.68. The van der Waals surface area contributed by atoms with Crippen LogP contribution in [-0.4, -0.2) is 12.9 Å². The van der Waals surface area contributed by atoms with Crippen molar-refractivity contribution in [1.29, 1.82) is 0 Å². The van der Waals surface area contributed by atoms with Crippen molar-refractivity contribution in [2.45, 2.75) is 13.3 Å². The Hall–Kier alpha value is 0.530. The predicted molar refractivity (Wildman–Crippen MR) is 36.9 cm³/mol.